The van der Waals surface area contributed by atoms with Crippen LogP contribution in [0.1, 0.15) is 18.5 Å². The second kappa shape index (κ2) is 4.88. The van der Waals surface area contributed by atoms with Gasteiger partial charge >= 0.3 is 5.97 Å². The molecule has 1 aromatic heterocycles. The molecule has 1 aliphatic rings. The van der Waals surface area contributed by atoms with E-state index in [1.165, 1.54) is 18.5 Å². The summed E-state index contributed by atoms with van der Waals surface area (Å²) in [4.78, 5) is 17.4. The second-order valence-electron chi connectivity index (χ2n) is 4.94. The van der Waals surface area contributed by atoms with Crippen molar-refractivity contribution in [1.82, 2.24) is 4.98 Å². The maximum Gasteiger partial charge on any atom is 0.309 e. The van der Waals surface area contributed by atoms with Crippen LogP contribution in [0.3, 0.4) is 0 Å². The van der Waals surface area contributed by atoms with E-state index in [1.807, 2.05) is 12.1 Å². The van der Waals surface area contributed by atoms with Crippen molar-refractivity contribution in [3.05, 3.63) is 36.0 Å². The Morgan fingerprint density at radius 2 is 2.00 bits per heavy atom. The van der Waals surface area contributed by atoms with Gasteiger partial charge in [-0.3, -0.25) is 9.78 Å². The summed E-state index contributed by atoms with van der Waals surface area (Å²) in [5.74, 6) is -0.847. The van der Waals surface area contributed by atoms with Crippen LogP contribution in [0.15, 0.2) is 30.3 Å². The lowest BCUT2D eigenvalue weighted by molar-refractivity contribution is -0.136. The van der Waals surface area contributed by atoms with Gasteiger partial charge < -0.3 is 10.0 Å². The van der Waals surface area contributed by atoms with Crippen LogP contribution in [-0.4, -0.2) is 29.1 Å². The van der Waals surface area contributed by atoms with Gasteiger partial charge in [0.2, 0.25) is 0 Å². The standard InChI is InChI=1S/C15H16N2O2/c18-15(19)10-12-4-3-11-9-13(5-6-14(11)16-12)17-7-1-2-8-17/h3-6,9H,1-2,7-8,10H2,(H,18,19). The molecule has 0 atom stereocenters. The molecule has 2 heterocycles. The zero-order valence-corrected chi connectivity index (χ0v) is 10.7. The quantitative estimate of drug-likeness (QED) is 0.916. The smallest absolute Gasteiger partial charge is 0.309 e. The third-order valence-electron chi connectivity index (χ3n) is 3.53. The van der Waals surface area contributed by atoms with E-state index in [2.05, 4.69) is 22.0 Å². The normalized spacial score (nSPS) is 15.1. The molecule has 1 fully saturated rings. The number of aliphatic carboxylic acids is 1. The summed E-state index contributed by atoms with van der Waals surface area (Å²) < 4.78 is 0. The lowest BCUT2D eigenvalue weighted by atomic mass is 10.1. The minimum Gasteiger partial charge on any atom is -0.481 e. The molecule has 4 heteroatoms. The van der Waals surface area contributed by atoms with Crippen molar-refractivity contribution in [1.29, 1.82) is 0 Å². The summed E-state index contributed by atoms with van der Waals surface area (Å²) in [5, 5.41) is 9.85. The van der Waals surface area contributed by atoms with Crippen LogP contribution in [0, 0.1) is 0 Å². The van der Waals surface area contributed by atoms with E-state index in [4.69, 9.17) is 5.11 Å². The molecule has 0 amide bonds. The van der Waals surface area contributed by atoms with Crippen molar-refractivity contribution in [2.45, 2.75) is 19.3 Å². The summed E-state index contributed by atoms with van der Waals surface area (Å²) in [7, 11) is 0. The number of nitrogens with zero attached hydrogens (tertiary/aromatic N) is 2. The van der Waals surface area contributed by atoms with Gasteiger partial charge in [0.15, 0.2) is 0 Å². The van der Waals surface area contributed by atoms with E-state index in [9.17, 15) is 4.79 Å². The van der Waals surface area contributed by atoms with Crippen LogP contribution in [-0.2, 0) is 11.2 Å². The molecule has 1 saturated heterocycles. The van der Waals surface area contributed by atoms with Gasteiger partial charge in [-0.25, -0.2) is 0 Å². The summed E-state index contributed by atoms with van der Waals surface area (Å²) in [6.45, 7) is 2.24. The highest BCUT2D eigenvalue weighted by Gasteiger charge is 2.12. The Kier molecular flexibility index (Phi) is 3.07. The Balaban J connectivity index is 1.93. The largest absolute Gasteiger partial charge is 0.481 e. The average Bonchev–Trinajstić information content (AvgIpc) is 2.91. The lowest BCUT2D eigenvalue weighted by Crippen LogP contribution is -2.17. The molecule has 2 aromatic rings. The third kappa shape index (κ3) is 2.52. The highest BCUT2D eigenvalue weighted by molar-refractivity contribution is 5.83. The number of carbonyl (C=O) groups is 1. The number of rotatable bonds is 3. The number of anilines is 1. The van der Waals surface area contributed by atoms with Gasteiger partial charge in [0.1, 0.15) is 0 Å². The SMILES string of the molecule is O=C(O)Cc1ccc2cc(N3CCCC3)ccc2n1. The van der Waals surface area contributed by atoms with Crippen LogP contribution < -0.4 is 4.90 Å². The number of aromatic nitrogens is 1. The summed E-state index contributed by atoms with van der Waals surface area (Å²) >= 11 is 0. The minimum atomic E-state index is -0.847. The fourth-order valence-corrected chi connectivity index (χ4v) is 2.58. The molecule has 19 heavy (non-hydrogen) atoms. The maximum absolute atomic E-state index is 10.7. The van der Waals surface area contributed by atoms with Crippen molar-refractivity contribution in [3.63, 3.8) is 0 Å². The van der Waals surface area contributed by atoms with Crippen molar-refractivity contribution < 1.29 is 9.90 Å². The minimum absolute atomic E-state index is 0.0240. The molecule has 0 spiro atoms. The van der Waals surface area contributed by atoms with E-state index < -0.39 is 5.97 Å². The number of carboxylic acid groups (broad SMARTS) is 1. The Labute approximate surface area is 111 Å². The Hall–Kier alpha value is -2.10. The number of fused-ring (bicyclic) bond motifs is 1. The van der Waals surface area contributed by atoms with Gasteiger partial charge in [-0.15, -0.1) is 0 Å². The van der Waals surface area contributed by atoms with Gasteiger partial charge in [0.05, 0.1) is 17.6 Å². The molecule has 4 nitrogen and oxygen atoms in total. The highest BCUT2D eigenvalue weighted by Crippen LogP contribution is 2.24. The topological polar surface area (TPSA) is 53.4 Å². The van der Waals surface area contributed by atoms with Gasteiger partial charge in [-0.2, -0.15) is 0 Å². The second-order valence-corrected chi connectivity index (χ2v) is 4.94. The molecule has 1 N–H and O–H groups in total. The van der Waals surface area contributed by atoms with E-state index in [0.717, 1.165) is 24.0 Å². The number of benzene rings is 1. The van der Waals surface area contributed by atoms with Gasteiger partial charge in [0.25, 0.3) is 0 Å². The van der Waals surface area contributed by atoms with E-state index in [1.54, 1.807) is 6.07 Å². The Bertz CT molecular complexity index is 619. The first kappa shape index (κ1) is 12.0. The molecule has 0 saturated carbocycles. The number of pyridine rings is 1. The molecular weight excluding hydrogens is 240 g/mol. The highest BCUT2D eigenvalue weighted by atomic mass is 16.4. The molecule has 1 aromatic carbocycles. The van der Waals surface area contributed by atoms with Crippen LogP contribution >= 0.6 is 0 Å². The zero-order valence-electron chi connectivity index (χ0n) is 10.7. The summed E-state index contributed by atoms with van der Waals surface area (Å²) in [6, 6.07) is 9.95. The van der Waals surface area contributed by atoms with Gasteiger partial charge in [-0.05, 0) is 37.1 Å². The fourth-order valence-electron chi connectivity index (χ4n) is 2.58. The molecule has 0 radical (unpaired) electrons. The molecule has 1 aliphatic heterocycles. The molecule has 0 bridgehead atoms. The van der Waals surface area contributed by atoms with Crippen molar-refractivity contribution in [2.75, 3.05) is 18.0 Å². The average molecular weight is 256 g/mol. The molecule has 98 valence electrons. The molecule has 0 unspecified atom stereocenters. The van der Waals surface area contributed by atoms with E-state index in [-0.39, 0.29) is 6.42 Å². The fraction of sp³-hybridized carbons (Fsp3) is 0.333. The first-order chi connectivity index (χ1) is 9.22. The third-order valence-corrected chi connectivity index (χ3v) is 3.53. The van der Waals surface area contributed by atoms with Crippen molar-refractivity contribution >= 4 is 22.6 Å². The van der Waals surface area contributed by atoms with E-state index in [0.29, 0.717) is 5.69 Å². The molecular formula is C15H16N2O2. The van der Waals surface area contributed by atoms with E-state index >= 15 is 0 Å². The lowest BCUT2D eigenvalue weighted by Gasteiger charge is -2.17. The molecule has 0 aliphatic carbocycles. The van der Waals surface area contributed by atoms with Crippen LogP contribution in [0.5, 0.6) is 0 Å². The Morgan fingerprint density at radius 1 is 1.21 bits per heavy atom. The monoisotopic (exact) mass is 256 g/mol. The van der Waals surface area contributed by atoms with Gasteiger partial charge in [-0.1, -0.05) is 6.07 Å². The van der Waals surface area contributed by atoms with Crippen molar-refractivity contribution in [2.24, 2.45) is 0 Å². The first-order valence-electron chi connectivity index (χ1n) is 6.59. The van der Waals surface area contributed by atoms with Crippen LogP contribution in [0.2, 0.25) is 0 Å². The Morgan fingerprint density at radius 3 is 2.74 bits per heavy atom. The first-order valence-corrected chi connectivity index (χ1v) is 6.59. The zero-order chi connectivity index (χ0) is 13.2. The number of carboxylic acids is 1. The predicted octanol–water partition coefficient (Wildman–Crippen LogP) is 2.46. The molecule has 3 rings (SSSR count). The summed E-state index contributed by atoms with van der Waals surface area (Å²) in [5.41, 5.74) is 2.70. The van der Waals surface area contributed by atoms with Crippen LogP contribution in [0.4, 0.5) is 5.69 Å². The number of hydrogen-bond acceptors (Lipinski definition) is 3. The number of hydrogen-bond donors (Lipinski definition) is 1. The maximum atomic E-state index is 10.7. The summed E-state index contributed by atoms with van der Waals surface area (Å²) in [6.07, 6.45) is 2.49. The van der Waals surface area contributed by atoms with Crippen molar-refractivity contribution in [3.8, 4) is 0 Å². The van der Waals surface area contributed by atoms with Crippen LogP contribution in [0.25, 0.3) is 10.9 Å². The van der Waals surface area contributed by atoms with Gasteiger partial charge in [0, 0.05) is 24.2 Å². The predicted molar refractivity (Wildman–Crippen MR) is 74.5 cm³/mol.